The Morgan fingerprint density at radius 2 is 1.74 bits per heavy atom. The van der Waals surface area contributed by atoms with E-state index in [2.05, 4.69) is 10.6 Å². The number of rotatable bonds is 8. The molecule has 0 radical (unpaired) electrons. The molecule has 0 spiro atoms. The maximum atomic E-state index is 15.1. The van der Waals surface area contributed by atoms with Crippen LogP contribution in [0.1, 0.15) is 52.9 Å². The first kappa shape index (κ1) is 33.6. The molecule has 6 atom stereocenters. The van der Waals surface area contributed by atoms with E-state index in [9.17, 15) is 45.2 Å². The summed E-state index contributed by atoms with van der Waals surface area (Å²) in [6.07, 6.45) is -5.38. The van der Waals surface area contributed by atoms with Gasteiger partial charge in [-0.2, -0.15) is 17.6 Å². The van der Waals surface area contributed by atoms with Crippen molar-refractivity contribution < 1.29 is 53.9 Å². The van der Waals surface area contributed by atoms with E-state index >= 15 is 8.78 Å². The van der Waals surface area contributed by atoms with Gasteiger partial charge in [-0.1, -0.05) is 20.8 Å². The lowest BCUT2D eigenvalue weighted by Gasteiger charge is -2.55. The quantitative estimate of drug-likeness (QED) is 0.350. The van der Waals surface area contributed by atoms with Crippen molar-refractivity contribution in [3.8, 4) is 0 Å². The number of amides is 4. The van der Waals surface area contributed by atoms with Crippen LogP contribution in [0.3, 0.4) is 0 Å². The summed E-state index contributed by atoms with van der Waals surface area (Å²) >= 11 is 0. The fourth-order valence-electron chi connectivity index (χ4n) is 5.73. The largest absolute Gasteiger partial charge is 0.471 e. The van der Waals surface area contributed by atoms with Gasteiger partial charge in [0.2, 0.25) is 32.7 Å². The standard InChI is InChI=1S/C25H34F6N4O6S/c1-23(2,3)18(34-22(39)25(29,30)31)21(38)35-14-5-6-15(24(27,28)11-14)17(35)20(37)33-13(10-16(26)42(4,40)41)9-12-7-8-32-19(12)36/h10,12-15,17-18H,5-9,11H2,1-4H3,(H,32,36)(H,33,37)(H,34,39)/b16-10+/t12-,13+,14+,15+,17-,18-/m1/s1. The lowest BCUT2D eigenvalue weighted by molar-refractivity contribution is -0.197. The van der Waals surface area contributed by atoms with Crippen LogP contribution in [0.5, 0.6) is 0 Å². The Morgan fingerprint density at radius 3 is 2.21 bits per heavy atom. The van der Waals surface area contributed by atoms with Crippen LogP contribution in [-0.2, 0) is 29.0 Å². The summed E-state index contributed by atoms with van der Waals surface area (Å²) in [5.74, 6) is -11.3. The number of nitrogens with zero attached hydrogens (tertiary/aromatic N) is 1. The van der Waals surface area contributed by atoms with E-state index < -0.39 is 98.6 Å². The highest BCUT2D eigenvalue weighted by molar-refractivity contribution is 7.94. The highest BCUT2D eigenvalue weighted by Crippen LogP contribution is 2.49. The van der Waals surface area contributed by atoms with Gasteiger partial charge in [-0.3, -0.25) is 19.2 Å². The first-order chi connectivity index (χ1) is 19.0. The summed E-state index contributed by atoms with van der Waals surface area (Å²) in [5, 5.41) is 4.81. The molecule has 3 N–H and O–H groups in total. The number of carbonyl (C=O) groups excluding carboxylic acids is 4. The average Bonchev–Trinajstić information content (AvgIpc) is 3.22. The van der Waals surface area contributed by atoms with E-state index in [0.29, 0.717) is 12.3 Å². The number of carbonyl (C=O) groups is 4. The molecule has 4 rings (SSSR count). The predicted octanol–water partition coefficient (Wildman–Crippen LogP) is 1.96. The minimum absolute atomic E-state index is 0.00808. The molecule has 3 saturated heterocycles. The highest BCUT2D eigenvalue weighted by atomic mass is 32.2. The third-order valence-corrected chi connectivity index (χ3v) is 8.66. The van der Waals surface area contributed by atoms with E-state index in [1.165, 1.54) is 20.8 Å². The molecule has 3 aliphatic heterocycles. The number of hydrogen-bond donors (Lipinski definition) is 3. The Labute approximate surface area is 238 Å². The molecule has 3 heterocycles. The van der Waals surface area contributed by atoms with Crippen molar-refractivity contribution in [3.05, 3.63) is 11.2 Å². The number of alkyl halides is 5. The summed E-state index contributed by atoms with van der Waals surface area (Å²) in [5.41, 5.74) is -1.35. The van der Waals surface area contributed by atoms with Crippen LogP contribution in [0.4, 0.5) is 26.3 Å². The molecule has 1 saturated carbocycles. The molecule has 1 aliphatic carbocycles. The molecule has 0 aromatic heterocycles. The fraction of sp³-hybridized carbons (Fsp3) is 0.760. The minimum Gasteiger partial charge on any atom is -0.356 e. The number of piperidine rings is 2. The van der Waals surface area contributed by atoms with E-state index in [-0.39, 0.29) is 32.2 Å². The van der Waals surface area contributed by atoms with Gasteiger partial charge in [0.05, 0.1) is 12.0 Å². The molecule has 42 heavy (non-hydrogen) atoms. The maximum Gasteiger partial charge on any atom is 0.471 e. The van der Waals surface area contributed by atoms with Gasteiger partial charge >= 0.3 is 12.1 Å². The zero-order valence-electron chi connectivity index (χ0n) is 23.4. The summed E-state index contributed by atoms with van der Waals surface area (Å²) < 4.78 is 107. The molecule has 0 unspecified atom stereocenters. The topological polar surface area (TPSA) is 142 Å². The summed E-state index contributed by atoms with van der Waals surface area (Å²) in [7, 11) is -4.38. The van der Waals surface area contributed by atoms with Crippen LogP contribution in [0.2, 0.25) is 0 Å². The molecular formula is C25H34F6N4O6S. The molecule has 10 nitrogen and oxygen atoms in total. The monoisotopic (exact) mass is 632 g/mol. The summed E-state index contributed by atoms with van der Waals surface area (Å²) in [6.45, 7) is 4.31. The Kier molecular flexibility index (Phi) is 9.36. The zero-order chi connectivity index (χ0) is 32.0. The second-order valence-electron chi connectivity index (χ2n) is 12.1. The number of nitrogens with one attached hydrogen (secondary N) is 3. The molecule has 4 aliphatic rings. The average molecular weight is 633 g/mol. The number of sulfone groups is 1. The SMILES string of the molecule is CC(C)(C)[C@H](NC(=O)C(F)(F)F)C(=O)N1[C@H]2CC[C@@H]([C@@H]1C(=O)N[C@H](/C=C(\F)S(C)(=O)=O)C[C@H]1CCNC1=O)C(F)(F)C2. The van der Waals surface area contributed by atoms with Crippen molar-refractivity contribution in [2.45, 2.75) is 89.1 Å². The highest BCUT2D eigenvalue weighted by Gasteiger charge is 2.61. The van der Waals surface area contributed by atoms with Crippen molar-refractivity contribution in [2.24, 2.45) is 17.3 Å². The molecule has 238 valence electrons. The molecular weight excluding hydrogens is 598 g/mol. The van der Waals surface area contributed by atoms with Crippen LogP contribution < -0.4 is 16.0 Å². The molecule has 0 aromatic carbocycles. The van der Waals surface area contributed by atoms with Gasteiger partial charge in [-0.15, -0.1) is 0 Å². The maximum absolute atomic E-state index is 15.1. The number of halogens is 6. The lowest BCUT2D eigenvalue weighted by atomic mass is 9.70. The summed E-state index contributed by atoms with van der Waals surface area (Å²) in [6, 6.07) is -6.56. The molecule has 0 aromatic rings. The molecule has 2 bridgehead atoms. The van der Waals surface area contributed by atoms with Gasteiger partial charge in [-0.25, -0.2) is 17.2 Å². The van der Waals surface area contributed by atoms with E-state index in [1.807, 2.05) is 0 Å². The van der Waals surface area contributed by atoms with Gasteiger partial charge in [0, 0.05) is 31.2 Å². The normalized spacial score (nSPS) is 27.7. The van der Waals surface area contributed by atoms with Crippen LogP contribution in [0, 0.1) is 17.3 Å². The molecule has 17 heteroatoms. The van der Waals surface area contributed by atoms with Crippen LogP contribution in [-0.4, -0.2) is 86.0 Å². The Bertz CT molecular complexity index is 1250. The van der Waals surface area contributed by atoms with E-state index in [4.69, 9.17) is 0 Å². The van der Waals surface area contributed by atoms with E-state index in [0.717, 1.165) is 4.90 Å². The zero-order valence-corrected chi connectivity index (χ0v) is 24.2. The van der Waals surface area contributed by atoms with Gasteiger partial charge in [-0.05, 0) is 37.2 Å². The third-order valence-electron chi connectivity index (χ3n) is 7.82. The van der Waals surface area contributed by atoms with Gasteiger partial charge in [0.1, 0.15) is 12.1 Å². The van der Waals surface area contributed by atoms with E-state index in [1.54, 1.807) is 5.32 Å². The van der Waals surface area contributed by atoms with Gasteiger partial charge in [0.15, 0.2) is 0 Å². The van der Waals surface area contributed by atoms with Crippen molar-refractivity contribution in [2.75, 3.05) is 12.8 Å². The van der Waals surface area contributed by atoms with Gasteiger partial charge < -0.3 is 20.9 Å². The Balaban J connectivity index is 2.00. The van der Waals surface area contributed by atoms with Crippen molar-refractivity contribution in [1.82, 2.24) is 20.9 Å². The fourth-order valence-corrected chi connectivity index (χ4v) is 6.14. The predicted molar refractivity (Wildman–Crippen MR) is 136 cm³/mol. The smallest absolute Gasteiger partial charge is 0.356 e. The first-order valence-electron chi connectivity index (χ1n) is 13.3. The number of fused-ring (bicyclic) bond motifs is 3. The van der Waals surface area contributed by atoms with Crippen molar-refractivity contribution in [3.63, 3.8) is 0 Å². The van der Waals surface area contributed by atoms with Crippen LogP contribution in [0.25, 0.3) is 0 Å². The van der Waals surface area contributed by atoms with Gasteiger partial charge in [0.25, 0.3) is 5.92 Å². The Hall–Kier alpha value is -2.85. The second kappa shape index (κ2) is 11.7. The molecule has 4 fully saturated rings. The summed E-state index contributed by atoms with van der Waals surface area (Å²) in [4.78, 5) is 52.0. The van der Waals surface area contributed by atoms with Crippen molar-refractivity contribution >= 4 is 33.5 Å². The Morgan fingerprint density at radius 1 is 1.12 bits per heavy atom. The minimum atomic E-state index is -5.36. The first-order valence-corrected chi connectivity index (χ1v) is 15.2. The second-order valence-corrected chi connectivity index (χ2v) is 14.1. The number of hydrogen-bond acceptors (Lipinski definition) is 6. The lowest BCUT2D eigenvalue weighted by Crippen LogP contribution is -2.71. The molecule has 4 amide bonds. The van der Waals surface area contributed by atoms with Crippen LogP contribution in [0.15, 0.2) is 11.2 Å². The van der Waals surface area contributed by atoms with Crippen LogP contribution >= 0.6 is 0 Å². The third kappa shape index (κ3) is 7.37. The van der Waals surface area contributed by atoms with Crippen molar-refractivity contribution in [1.29, 1.82) is 0 Å².